The Bertz CT molecular complexity index is 844. The van der Waals surface area contributed by atoms with Crippen LogP contribution in [0.2, 0.25) is 0 Å². The molecule has 0 aliphatic rings. The summed E-state index contributed by atoms with van der Waals surface area (Å²) in [6, 6.07) is 8.98. The van der Waals surface area contributed by atoms with E-state index in [1.807, 2.05) is 23.8 Å². The summed E-state index contributed by atoms with van der Waals surface area (Å²) < 4.78 is 1.10. The van der Waals surface area contributed by atoms with Crippen LogP contribution in [0.1, 0.15) is 4.88 Å². The fraction of sp³-hybridized carbons (Fsp3) is 0.0667. The predicted octanol–water partition coefficient (Wildman–Crippen LogP) is 4.67. The van der Waals surface area contributed by atoms with Crippen LogP contribution in [0.15, 0.2) is 39.9 Å². The first kappa shape index (κ1) is 17.8. The monoisotopic (exact) mass is 383 g/mol. The summed E-state index contributed by atoms with van der Waals surface area (Å²) in [5, 5.41) is 20.0. The van der Waals surface area contributed by atoms with E-state index in [9.17, 15) is 5.11 Å². The zero-order chi connectivity index (χ0) is 15.7. The average molecular weight is 384 g/mol. The van der Waals surface area contributed by atoms with Crippen LogP contribution in [0, 0.1) is 5.41 Å². The molecule has 0 aliphatic heterocycles. The average Bonchev–Trinajstić information content (AvgIpc) is 3.13. The highest BCUT2D eigenvalue weighted by molar-refractivity contribution is 8.00. The number of thiazole rings is 1. The van der Waals surface area contributed by atoms with Gasteiger partial charge in [-0.1, -0.05) is 12.1 Å². The molecule has 3 aromatic rings. The molecule has 2 heterocycles. The SMILES string of the molecule is CSc1sc(C(=N)N)cc1-c1nc(-c2cccc(O)c2)cs1.Cl. The molecule has 4 nitrogen and oxygen atoms in total. The van der Waals surface area contributed by atoms with Gasteiger partial charge < -0.3 is 10.8 Å². The number of hydrogen-bond acceptors (Lipinski definition) is 6. The predicted molar refractivity (Wildman–Crippen MR) is 103 cm³/mol. The fourth-order valence-corrected chi connectivity index (χ4v) is 4.71. The van der Waals surface area contributed by atoms with Crippen LogP contribution < -0.4 is 5.73 Å². The minimum absolute atomic E-state index is 0. The maximum atomic E-state index is 9.58. The summed E-state index contributed by atoms with van der Waals surface area (Å²) >= 11 is 4.69. The van der Waals surface area contributed by atoms with Crippen molar-refractivity contribution in [2.75, 3.05) is 6.26 Å². The number of hydrogen-bond donors (Lipinski definition) is 3. The first-order chi connectivity index (χ1) is 10.6. The molecule has 0 bridgehead atoms. The number of benzene rings is 1. The molecule has 0 fully saturated rings. The molecule has 0 aliphatic carbocycles. The highest BCUT2D eigenvalue weighted by atomic mass is 35.5. The van der Waals surface area contributed by atoms with Crippen molar-refractivity contribution < 1.29 is 5.11 Å². The van der Waals surface area contributed by atoms with Gasteiger partial charge >= 0.3 is 0 Å². The highest BCUT2D eigenvalue weighted by Crippen LogP contribution is 2.40. The van der Waals surface area contributed by atoms with Crippen LogP contribution in [0.3, 0.4) is 0 Å². The van der Waals surface area contributed by atoms with Crippen LogP contribution in [0.5, 0.6) is 5.75 Å². The molecule has 120 valence electrons. The van der Waals surface area contributed by atoms with Crippen molar-refractivity contribution in [2.45, 2.75) is 4.21 Å². The minimum atomic E-state index is 0. The topological polar surface area (TPSA) is 83.0 Å². The molecule has 0 atom stereocenters. The number of nitrogens with one attached hydrogen (secondary N) is 1. The number of halogens is 1. The van der Waals surface area contributed by atoms with Gasteiger partial charge in [0.25, 0.3) is 0 Å². The summed E-state index contributed by atoms with van der Waals surface area (Å²) in [6.45, 7) is 0. The van der Waals surface area contributed by atoms with Crippen molar-refractivity contribution in [3.05, 3.63) is 40.6 Å². The van der Waals surface area contributed by atoms with Gasteiger partial charge in [-0.25, -0.2) is 4.98 Å². The molecule has 2 aromatic heterocycles. The molecule has 0 amide bonds. The third-order valence-electron chi connectivity index (χ3n) is 3.03. The Balaban J connectivity index is 0.00000192. The maximum Gasteiger partial charge on any atom is 0.133 e. The molecular formula is C15H14ClN3OS3. The Morgan fingerprint density at radius 2 is 2.13 bits per heavy atom. The second-order valence-corrected chi connectivity index (χ2v) is 7.50. The van der Waals surface area contributed by atoms with Crippen molar-refractivity contribution in [2.24, 2.45) is 5.73 Å². The van der Waals surface area contributed by atoms with Crippen LogP contribution in [-0.4, -0.2) is 22.2 Å². The zero-order valence-electron chi connectivity index (χ0n) is 12.1. The summed E-state index contributed by atoms with van der Waals surface area (Å²) in [6.07, 6.45) is 2.00. The van der Waals surface area contributed by atoms with E-state index in [1.165, 1.54) is 11.3 Å². The minimum Gasteiger partial charge on any atom is -0.508 e. The lowest BCUT2D eigenvalue weighted by Crippen LogP contribution is -2.08. The molecule has 1 aromatic carbocycles. The standard InChI is InChI=1S/C15H13N3OS3.ClH/c1-20-15-10(6-12(22-15)13(16)17)14-18-11(7-21-14)8-3-2-4-9(19)5-8;/h2-7,19H,1H3,(H3,16,17);1H. The molecular weight excluding hydrogens is 370 g/mol. The van der Waals surface area contributed by atoms with Crippen LogP contribution in [0.4, 0.5) is 0 Å². The fourth-order valence-electron chi connectivity index (χ4n) is 2.00. The van der Waals surface area contributed by atoms with Gasteiger partial charge in [0.15, 0.2) is 0 Å². The third kappa shape index (κ3) is 3.69. The summed E-state index contributed by atoms with van der Waals surface area (Å²) in [7, 11) is 0. The van der Waals surface area contributed by atoms with Crippen molar-refractivity contribution in [1.29, 1.82) is 5.41 Å². The lowest BCUT2D eigenvalue weighted by atomic mass is 10.2. The largest absolute Gasteiger partial charge is 0.508 e. The van der Waals surface area contributed by atoms with Gasteiger partial charge in [0.2, 0.25) is 0 Å². The quantitative estimate of drug-likeness (QED) is 0.347. The van der Waals surface area contributed by atoms with Gasteiger partial charge in [0, 0.05) is 16.5 Å². The van der Waals surface area contributed by atoms with Crippen molar-refractivity contribution in [3.63, 3.8) is 0 Å². The first-order valence-electron chi connectivity index (χ1n) is 6.36. The van der Waals surface area contributed by atoms with Crippen LogP contribution in [0.25, 0.3) is 21.8 Å². The van der Waals surface area contributed by atoms with E-state index in [-0.39, 0.29) is 24.0 Å². The van der Waals surface area contributed by atoms with Gasteiger partial charge in [-0.2, -0.15) is 0 Å². The second-order valence-electron chi connectivity index (χ2n) is 4.52. The number of nitrogens with zero attached hydrogens (tertiary/aromatic N) is 1. The van der Waals surface area contributed by atoms with Crippen molar-refractivity contribution in [3.8, 4) is 27.6 Å². The number of aromatic hydroxyl groups is 1. The highest BCUT2D eigenvalue weighted by Gasteiger charge is 2.15. The van der Waals surface area contributed by atoms with Gasteiger partial charge in [-0.05, 0) is 24.5 Å². The molecule has 0 radical (unpaired) electrons. The number of rotatable bonds is 4. The van der Waals surface area contributed by atoms with E-state index in [4.69, 9.17) is 11.1 Å². The summed E-state index contributed by atoms with van der Waals surface area (Å²) in [5.74, 6) is 0.308. The van der Waals surface area contributed by atoms with Gasteiger partial charge in [0.05, 0.1) is 14.8 Å². The maximum absolute atomic E-state index is 9.58. The molecule has 0 saturated carbocycles. The van der Waals surface area contributed by atoms with Crippen molar-refractivity contribution >= 4 is 52.7 Å². The van der Waals surface area contributed by atoms with E-state index >= 15 is 0 Å². The molecule has 0 unspecified atom stereocenters. The normalized spacial score (nSPS) is 10.3. The molecule has 8 heteroatoms. The second kappa shape index (κ2) is 7.35. The van der Waals surface area contributed by atoms with Crippen LogP contribution in [-0.2, 0) is 0 Å². The Morgan fingerprint density at radius 3 is 2.78 bits per heavy atom. The zero-order valence-corrected chi connectivity index (χ0v) is 15.3. The van der Waals surface area contributed by atoms with Crippen LogP contribution >= 0.6 is 46.8 Å². The molecule has 4 N–H and O–H groups in total. The van der Waals surface area contributed by atoms with Gasteiger partial charge in [-0.3, -0.25) is 5.41 Å². The number of nitrogens with two attached hydrogens (primary N) is 1. The van der Waals surface area contributed by atoms with Gasteiger partial charge in [0.1, 0.15) is 16.6 Å². The molecule has 23 heavy (non-hydrogen) atoms. The van der Waals surface area contributed by atoms with Gasteiger partial charge in [-0.15, -0.1) is 46.8 Å². The number of phenolic OH excluding ortho intramolecular Hbond substituents is 1. The molecule has 0 saturated heterocycles. The Hall–Kier alpha value is -1.54. The number of amidine groups is 1. The van der Waals surface area contributed by atoms with E-state index in [1.54, 1.807) is 41.3 Å². The molecule has 3 rings (SSSR count). The number of thioether (sulfide) groups is 1. The van der Waals surface area contributed by atoms with E-state index in [0.29, 0.717) is 0 Å². The first-order valence-corrected chi connectivity index (χ1v) is 9.28. The number of nitrogen functional groups attached to an aromatic ring is 1. The number of aromatic nitrogens is 1. The van der Waals surface area contributed by atoms with E-state index < -0.39 is 0 Å². The Labute approximate surface area is 152 Å². The summed E-state index contributed by atoms with van der Waals surface area (Å²) in [5.41, 5.74) is 8.31. The third-order valence-corrected chi connectivity index (χ3v) is 6.20. The summed E-state index contributed by atoms with van der Waals surface area (Å²) in [4.78, 5) is 5.42. The Morgan fingerprint density at radius 1 is 1.35 bits per heavy atom. The smallest absolute Gasteiger partial charge is 0.133 e. The van der Waals surface area contributed by atoms with Crippen molar-refractivity contribution in [1.82, 2.24) is 4.98 Å². The molecule has 0 spiro atoms. The number of phenols is 1. The Kier molecular flexibility index (Phi) is 5.69. The van der Waals surface area contributed by atoms with E-state index in [0.717, 1.165) is 30.9 Å². The lowest BCUT2D eigenvalue weighted by Gasteiger charge is -1.98. The number of thiophene rings is 1. The van der Waals surface area contributed by atoms with E-state index in [2.05, 4.69) is 4.98 Å². The lowest BCUT2D eigenvalue weighted by molar-refractivity contribution is 0.475.